The highest BCUT2D eigenvalue weighted by Gasteiger charge is 2.59. The molecule has 3 saturated carbocycles. The van der Waals surface area contributed by atoms with Gasteiger partial charge in [0.2, 0.25) is 0 Å². The topological polar surface area (TPSA) is 55.6 Å². The van der Waals surface area contributed by atoms with Crippen LogP contribution in [0.25, 0.3) is 0 Å². The minimum atomic E-state index is -0.0579. The summed E-state index contributed by atoms with van der Waals surface area (Å²) < 4.78 is 6.30. The lowest BCUT2D eigenvalue weighted by atomic mass is 9.47. The highest BCUT2D eigenvalue weighted by molar-refractivity contribution is 5.67. The number of rotatable bonds is 17. The second-order valence-electron chi connectivity index (χ2n) is 16.8. The molecule has 0 aromatic carbocycles. The van der Waals surface area contributed by atoms with Crippen molar-refractivity contribution in [2.75, 3.05) is 19.6 Å². The van der Waals surface area contributed by atoms with E-state index in [1.807, 2.05) is 4.90 Å². The zero-order chi connectivity index (χ0) is 31.7. The maximum Gasteiger partial charge on any atom is 0.410 e. The van der Waals surface area contributed by atoms with Gasteiger partial charge in [-0.15, -0.1) is 0 Å². The molecule has 4 heteroatoms. The Bertz CT molecular complexity index is 915. The number of hydrogen-bond donors (Lipinski definition) is 1. The van der Waals surface area contributed by atoms with Gasteiger partial charge in [0.25, 0.3) is 0 Å². The molecule has 0 bridgehead atoms. The van der Waals surface area contributed by atoms with E-state index in [2.05, 4.69) is 47.6 Å². The number of amides is 1. The van der Waals surface area contributed by atoms with E-state index in [4.69, 9.17) is 10.5 Å². The predicted molar refractivity (Wildman–Crippen MR) is 187 cm³/mol. The van der Waals surface area contributed by atoms with Crippen LogP contribution >= 0.6 is 0 Å². The molecule has 44 heavy (non-hydrogen) atoms. The summed E-state index contributed by atoms with van der Waals surface area (Å²) in [6.07, 6.45) is 26.3. The first-order chi connectivity index (χ1) is 21.1. The number of ether oxygens (including phenoxy) is 1. The Morgan fingerprint density at radius 2 is 1.64 bits per heavy atom. The summed E-state index contributed by atoms with van der Waals surface area (Å²) >= 11 is 0. The summed E-state index contributed by atoms with van der Waals surface area (Å²) in [5.41, 5.74) is 8.10. The molecule has 0 aromatic heterocycles. The van der Waals surface area contributed by atoms with Gasteiger partial charge in [0, 0.05) is 19.5 Å². The van der Waals surface area contributed by atoms with Crippen molar-refractivity contribution < 1.29 is 9.53 Å². The Morgan fingerprint density at radius 1 is 0.909 bits per heavy atom. The number of fused-ring (bicyclic) bond motifs is 5. The summed E-state index contributed by atoms with van der Waals surface area (Å²) in [7, 11) is 0. The third-order valence-electron chi connectivity index (χ3n) is 13.4. The van der Waals surface area contributed by atoms with E-state index in [1.165, 1.54) is 83.5 Å². The van der Waals surface area contributed by atoms with Crippen molar-refractivity contribution in [1.82, 2.24) is 4.90 Å². The first-order valence-corrected chi connectivity index (χ1v) is 19.5. The molecule has 1 amide bonds. The van der Waals surface area contributed by atoms with Crippen LogP contribution < -0.4 is 5.73 Å². The van der Waals surface area contributed by atoms with Gasteiger partial charge >= 0.3 is 6.09 Å². The molecule has 6 unspecified atom stereocenters. The maximum atomic E-state index is 13.4. The molecule has 0 heterocycles. The number of unbranched alkanes of at least 4 members (excludes halogenated alkanes) is 6. The van der Waals surface area contributed by atoms with Crippen molar-refractivity contribution in [3.8, 4) is 0 Å². The second kappa shape index (κ2) is 16.7. The highest BCUT2D eigenvalue weighted by Crippen LogP contribution is 2.67. The third kappa shape index (κ3) is 8.46. The van der Waals surface area contributed by atoms with E-state index in [9.17, 15) is 4.79 Å². The van der Waals surface area contributed by atoms with Crippen LogP contribution in [0.4, 0.5) is 4.79 Å². The van der Waals surface area contributed by atoms with Crippen LogP contribution in [0.3, 0.4) is 0 Å². The predicted octanol–water partition coefficient (Wildman–Crippen LogP) is 10.9. The number of carbonyl (C=O) groups excluding carboxylic acids is 1. The zero-order valence-corrected chi connectivity index (χ0v) is 30.0. The van der Waals surface area contributed by atoms with Crippen LogP contribution in [0.1, 0.15) is 164 Å². The first-order valence-electron chi connectivity index (χ1n) is 19.5. The fraction of sp³-hybridized carbons (Fsp3) is 0.925. The van der Waals surface area contributed by atoms with Crippen molar-refractivity contribution in [3.05, 3.63) is 11.6 Å². The van der Waals surface area contributed by atoms with Gasteiger partial charge in [0.1, 0.15) is 6.10 Å². The Balaban J connectivity index is 1.32. The minimum Gasteiger partial charge on any atom is -0.446 e. The normalized spacial score (nSPS) is 33.7. The number of allylic oxidation sites excluding steroid dienone is 1. The number of nitrogens with zero attached hydrogens (tertiary/aromatic N) is 1. The fourth-order valence-corrected chi connectivity index (χ4v) is 10.8. The Kier molecular flexibility index (Phi) is 13.6. The number of nitrogens with two attached hydrogens (primary N) is 1. The van der Waals surface area contributed by atoms with Crippen LogP contribution in [-0.4, -0.2) is 36.7 Å². The zero-order valence-electron chi connectivity index (χ0n) is 30.0. The molecule has 254 valence electrons. The van der Waals surface area contributed by atoms with Crippen molar-refractivity contribution >= 4 is 6.09 Å². The van der Waals surface area contributed by atoms with Gasteiger partial charge in [-0.2, -0.15) is 0 Å². The molecular weight excluding hydrogens is 540 g/mol. The van der Waals surface area contributed by atoms with Crippen LogP contribution in [0, 0.1) is 46.3 Å². The average Bonchev–Trinajstić information content (AvgIpc) is 3.35. The van der Waals surface area contributed by atoms with Crippen LogP contribution in [0.15, 0.2) is 11.6 Å². The van der Waals surface area contributed by atoms with Crippen LogP contribution in [-0.2, 0) is 4.74 Å². The summed E-state index contributed by atoms with van der Waals surface area (Å²) in [6.45, 7) is 17.3. The van der Waals surface area contributed by atoms with E-state index in [-0.39, 0.29) is 12.2 Å². The molecule has 0 spiro atoms. The van der Waals surface area contributed by atoms with E-state index >= 15 is 0 Å². The van der Waals surface area contributed by atoms with Crippen molar-refractivity contribution in [3.63, 3.8) is 0 Å². The van der Waals surface area contributed by atoms with Gasteiger partial charge in [-0.3, -0.25) is 0 Å². The Hall–Kier alpha value is -1.03. The van der Waals surface area contributed by atoms with Gasteiger partial charge < -0.3 is 15.4 Å². The van der Waals surface area contributed by atoms with Gasteiger partial charge in [-0.25, -0.2) is 4.79 Å². The first kappa shape index (κ1) is 35.8. The van der Waals surface area contributed by atoms with Crippen molar-refractivity contribution in [2.24, 2.45) is 52.1 Å². The lowest BCUT2D eigenvalue weighted by Crippen LogP contribution is -2.51. The van der Waals surface area contributed by atoms with Gasteiger partial charge in [-0.05, 0) is 117 Å². The largest absolute Gasteiger partial charge is 0.446 e. The molecule has 3 fully saturated rings. The van der Waals surface area contributed by atoms with Crippen LogP contribution in [0.5, 0.6) is 0 Å². The molecule has 0 aliphatic heterocycles. The quantitative estimate of drug-likeness (QED) is 0.131. The Labute approximate surface area is 273 Å². The van der Waals surface area contributed by atoms with Gasteiger partial charge in [-0.1, -0.05) is 105 Å². The summed E-state index contributed by atoms with van der Waals surface area (Å²) in [5, 5.41) is 0. The Morgan fingerprint density at radius 3 is 2.36 bits per heavy atom. The van der Waals surface area contributed by atoms with Crippen molar-refractivity contribution in [2.45, 2.75) is 170 Å². The molecule has 4 aliphatic rings. The summed E-state index contributed by atoms with van der Waals surface area (Å²) in [5.74, 6) is 5.19. The van der Waals surface area contributed by atoms with E-state index in [0.717, 1.165) is 93.7 Å². The SMILES string of the molecule is CCCCN(CCCCCCCCN)C(=O)OC1CCC2(C)C(=CCC3C2CCC2(C)C3CC[C@@H]2[C@H](C)CCCC(C)C)C1. The van der Waals surface area contributed by atoms with Crippen molar-refractivity contribution in [1.29, 1.82) is 0 Å². The van der Waals surface area contributed by atoms with E-state index < -0.39 is 0 Å². The number of hydrogen-bond acceptors (Lipinski definition) is 3. The van der Waals surface area contributed by atoms with Gasteiger partial charge in [0.15, 0.2) is 0 Å². The van der Waals surface area contributed by atoms with Gasteiger partial charge in [0.05, 0.1) is 0 Å². The van der Waals surface area contributed by atoms with E-state index in [0.29, 0.717) is 10.8 Å². The molecule has 4 nitrogen and oxygen atoms in total. The average molecular weight is 613 g/mol. The fourth-order valence-electron chi connectivity index (χ4n) is 10.8. The second-order valence-corrected chi connectivity index (χ2v) is 16.8. The molecule has 2 N–H and O–H groups in total. The molecule has 0 radical (unpaired) electrons. The highest BCUT2D eigenvalue weighted by atomic mass is 16.6. The molecule has 0 aromatic rings. The third-order valence-corrected chi connectivity index (χ3v) is 13.4. The van der Waals surface area contributed by atoms with E-state index in [1.54, 1.807) is 5.57 Å². The number of carbonyl (C=O) groups is 1. The lowest BCUT2D eigenvalue weighted by molar-refractivity contribution is -0.0593. The molecule has 0 saturated heterocycles. The molecule has 4 aliphatic carbocycles. The maximum absolute atomic E-state index is 13.4. The molecule has 4 rings (SSSR count). The monoisotopic (exact) mass is 613 g/mol. The summed E-state index contributed by atoms with van der Waals surface area (Å²) in [4.78, 5) is 15.4. The van der Waals surface area contributed by atoms with Crippen LogP contribution in [0.2, 0.25) is 0 Å². The standard InChI is InChI=1S/C40H72N2O2/c1-7-8-27-42(28-14-12-10-9-11-13-26-41)38(43)44-33-22-24-39(5)32(29-33)18-19-34-36-21-20-35(31(4)17-15-16-30(2)3)40(36,6)25-23-37(34)39/h18,30-31,33-37H,7-17,19-29,41H2,1-6H3/t31-,33?,34?,35-,36?,37?,39?,40?/m1/s1. The summed E-state index contributed by atoms with van der Waals surface area (Å²) in [6, 6.07) is 0. The minimum absolute atomic E-state index is 0.0511. The lowest BCUT2D eigenvalue weighted by Gasteiger charge is -2.58. The smallest absolute Gasteiger partial charge is 0.410 e. The molecule has 8 atom stereocenters. The molecular formula is C40H72N2O2.